The number of hydrogen-bond acceptors (Lipinski definition) is 3. The van der Waals surface area contributed by atoms with Crippen molar-refractivity contribution in [1.29, 1.82) is 0 Å². The maximum atomic E-state index is 12.7. The molecule has 1 N–H and O–H groups in total. The predicted molar refractivity (Wildman–Crippen MR) is 77.1 cm³/mol. The van der Waals surface area contributed by atoms with E-state index in [1.54, 1.807) is 0 Å². The first-order chi connectivity index (χ1) is 11.9. The van der Waals surface area contributed by atoms with E-state index in [-0.39, 0.29) is 19.5 Å². The van der Waals surface area contributed by atoms with Crippen LogP contribution in [-0.4, -0.2) is 32.0 Å². The lowest BCUT2D eigenvalue weighted by molar-refractivity contribution is -0.143. The molecule has 0 aliphatic rings. The number of nitrogens with zero attached hydrogens (tertiary/aromatic N) is 4. The van der Waals surface area contributed by atoms with E-state index >= 15 is 0 Å². The summed E-state index contributed by atoms with van der Waals surface area (Å²) in [7, 11) is 1.07. The van der Waals surface area contributed by atoms with Crippen LogP contribution in [-0.2, 0) is 25.9 Å². The Labute approximate surface area is 143 Å². The number of amides is 1. The molecule has 144 valence electrons. The monoisotopic (exact) mass is 383 g/mol. The van der Waals surface area contributed by atoms with Crippen LogP contribution >= 0.6 is 0 Å². The highest BCUT2D eigenvalue weighted by Gasteiger charge is 2.36. The molecule has 0 spiro atoms. The third kappa shape index (κ3) is 4.55. The average molecular weight is 383 g/mol. The lowest BCUT2D eigenvalue weighted by Crippen LogP contribution is -2.26. The Bertz CT molecular complexity index is 789. The lowest BCUT2D eigenvalue weighted by atomic mass is 10.3. The van der Waals surface area contributed by atoms with Gasteiger partial charge in [0.2, 0.25) is 0 Å². The Balaban J connectivity index is 1.89. The second-order valence-electron chi connectivity index (χ2n) is 5.54. The summed E-state index contributed by atoms with van der Waals surface area (Å²) in [4.78, 5) is 11.8. The molecule has 6 nitrogen and oxygen atoms in total. The maximum absolute atomic E-state index is 12.7. The summed E-state index contributed by atoms with van der Waals surface area (Å²) in [5.74, 6) is -0.802. The van der Waals surface area contributed by atoms with Crippen LogP contribution in [0.5, 0.6) is 0 Å². The number of carbonyl (C=O) groups excluding carboxylic acids is 1. The molecule has 26 heavy (non-hydrogen) atoms. The fourth-order valence-electron chi connectivity index (χ4n) is 2.24. The second-order valence-corrected chi connectivity index (χ2v) is 5.54. The van der Waals surface area contributed by atoms with Crippen LogP contribution in [0.25, 0.3) is 0 Å². The highest BCUT2D eigenvalue weighted by atomic mass is 19.4. The van der Waals surface area contributed by atoms with Crippen molar-refractivity contribution in [3.05, 3.63) is 34.9 Å². The molecule has 0 radical (unpaired) electrons. The van der Waals surface area contributed by atoms with Crippen molar-refractivity contribution in [3.63, 3.8) is 0 Å². The molecule has 0 saturated heterocycles. The maximum Gasteiger partial charge on any atom is 0.435 e. The van der Waals surface area contributed by atoms with Gasteiger partial charge >= 0.3 is 12.4 Å². The minimum atomic E-state index is -4.63. The van der Waals surface area contributed by atoms with Gasteiger partial charge < -0.3 is 5.32 Å². The van der Waals surface area contributed by atoms with E-state index in [9.17, 15) is 31.1 Å². The van der Waals surface area contributed by atoms with E-state index in [2.05, 4.69) is 15.5 Å². The van der Waals surface area contributed by atoms with Gasteiger partial charge in [-0.3, -0.25) is 14.2 Å². The Morgan fingerprint density at radius 2 is 1.77 bits per heavy atom. The van der Waals surface area contributed by atoms with E-state index < -0.39 is 35.3 Å². The number of aryl methyl sites for hydroxylation is 3. The Morgan fingerprint density at radius 1 is 1.12 bits per heavy atom. The zero-order valence-electron chi connectivity index (χ0n) is 13.7. The zero-order valence-corrected chi connectivity index (χ0v) is 13.7. The summed E-state index contributed by atoms with van der Waals surface area (Å²) in [6, 6.07) is 1.54. The van der Waals surface area contributed by atoms with Gasteiger partial charge in [-0.15, -0.1) is 0 Å². The topological polar surface area (TPSA) is 64.7 Å². The Hall–Kier alpha value is -2.53. The van der Waals surface area contributed by atoms with E-state index in [0.29, 0.717) is 16.4 Å². The largest absolute Gasteiger partial charge is 0.435 e. The number of hydrogen-bond donors (Lipinski definition) is 1. The first-order valence-corrected chi connectivity index (χ1v) is 7.40. The van der Waals surface area contributed by atoms with Crippen LogP contribution in [0.4, 0.5) is 26.3 Å². The summed E-state index contributed by atoms with van der Waals surface area (Å²) in [6.07, 6.45) is -8.93. The van der Waals surface area contributed by atoms with E-state index in [4.69, 9.17) is 0 Å². The number of carbonyl (C=O) groups is 1. The number of rotatable bonds is 5. The molecule has 2 heterocycles. The van der Waals surface area contributed by atoms with Crippen LogP contribution in [0, 0.1) is 6.92 Å². The third-order valence-corrected chi connectivity index (χ3v) is 3.51. The van der Waals surface area contributed by atoms with Crippen LogP contribution in [0.1, 0.15) is 34.0 Å². The molecule has 0 fully saturated rings. The van der Waals surface area contributed by atoms with Crippen LogP contribution in [0.2, 0.25) is 0 Å². The molecule has 0 atom stereocenters. The first-order valence-electron chi connectivity index (χ1n) is 7.40. The average Bonchev–Trinajstić information content (AvgIpc) is 3.06. The minimum absolute atomic E-state index is 0.0391. The fourth-order valence-corrected chi connectivity index (χ4v) is 2.24. The molecular formula is C14H15F6N5O. The van der Waals surface area contributed by atoms with E-state index in [1.807, 2.05) is 0 Å². The standard InChI is InChI=1S/C14H15F6N5O/c1-8-6-10(13(15,16)17)23-25(8)5-3-4-21-12(26)9-7-11(14(18,19)20)24(2)22-9/h6-7H,3-5H2,1-2H3,(H,21,26). The molecule has 0 aliphatic carbocycles. The number of nitrogens with one attached hydrogen (secondary N) is 1. The highest BCUT2D eigenvalue weighted by Crippen LogP contribution is 2.29. The van der Waals surface area contributed by atoms with Gasteiger partial charge in [-0.05, 0) is 19.4 Å². The Morgan fingerprint density at radius 3 is 2.27 bits per heavy atom. The van der Waals surface area contributed by atoms with Gasteiger partial charge in [0.1, 0.15) is 5.69 Å². The molecule has 0 unspecified atom stereocenters. The second kappa shape index (κ2) is 7.00. The van der Waals surface area contributed by atoms with Gasteiger partial charge in [0.05, 0.1) is 0 Å². The van der Waals surface area contributed by atoms with Gasteiger partial charge in [0.25, 0.3) is 5.91 Å². The molecule has 0 bridgehead atoms. The van der Waals surface area contributed by atoms with Gasteiger partial charge in [0, 0.05) is 31.9 Å². The molecule has 0 aliphatic heterocycles. The molecule has 1 amide bonds. The first kappa shape index (κ1) is 19.8. The van der Waals surface area contributed by atoms with Crippen molar-refractivity contribution in [2.45, 2.75) is 32.2 Å². The zero-order chi connectivity index (χ0) is 19.7. The van der Waals surface area contributed by atoms with Crippen LogP contribution in [0.3, 0.4) is 0 Å². The molecule has 2 rings (SSSR count). The molecule has 0 aromatic carbocycles. The van der Waals surface area contributed by atoms with Gasteiger partial charge in [-0.25, -0.2) is 0 Å². The van der Waals surface area contributed by atoms with Crippen molar-refractivity contribution >= 4 is 5.91 Å². The van der Waals surface area contributed by atoms with Gasteiger partial charge in [0.15, 0.2) is 11.4 Å². The van der Waals surface area contributed by atoms with E-state index in [0.717, 1.165) is 17.8 Å². The van der Waals surface area contributed by atoms with Crippen molar-refractivity contribution in [2.75, 3.05) is 6.54 Å². The fraction of sp³-hybridized carbons (Fsp3) is 0.500. The van der Waals surface area contributed by atoms with Crippen LogP contribution in [0.15, 0.2) is 12.1 Å². The molecule has 2 aromatic heterocycles. The quantitative estimate of drug-likeness (QED) is 0.638. The molecular weight excluding hydrogens is 368 g/mol. The van der Waals surface area contributed by atoms with Gasteiger partial charge in [-0.2, -0.15) is 36.5 Å². The number of alkyl halides is 6. The summed E-state index contributed by atoms with van der Waals surface area (Å²) in [5.41, 5.74) is -2.15. The molecule has 0 saturated carbocycles. The molecule has 2 aromatic rings. The normalized spacial score (nSPS) is 12.5. The van der Waals surface area contributed by atoms with Crippen molar-refractivity contribution in [1.82, 2.24) is 24.9 Å². The van der Waals surface area contributed by atoms with Crippen LogP contribution < -0.4 is 5.32 Å². The number of halogens is 6. The van der Waals surface area contributed by atoms with Crippen molar-refractivity contribution < 1.29 is 31.1 Å². The smallest absolute Gasteiger partial charge is 0.351 e. The highest BCUT2D eigenvalue weighted by molar-refractivity contribution is 5.92. The lowest BCUT2D eigenvalue weighted by Gasteiger charge is -2.06. The van der Waals surface area contributed by atoms with E-state index in [1.165, 1.54) is 6.92 Å². The third-order valence-electron chi connectivity index (χ3n) is 3.51. The summed E-state index contributed by atoms with van der Waals surface area (Å²) in [5, 5.41) is 9.31. The Kier molecular flexibility index (Phi) is 5.33. The number of aromatic nitrogens is 4. The SMILES string of the molecule is Cc1cc(C(F)(F)F)nn1CCCNC(=O)c1cc(C(F)(F)F)n(C)n1. The summed E-state index contributed by atoms with van der Waals surface area (Å²) >= 11 is 0. The summed E-state index contributed by atoms with van der Waals surface area (Å²) in [6.45, 7) is 1.61. The summed E-state index contributed by atoms with van der Waals surface area (Å²) < 4.78 is 77.4. The van der Waals surface area contributed by atoms with Crippen molar-refractivity contribution in [2.24, 2.45) is 7.05 Å². The molecule has 12 heteroatoms. The minimum Gasteiger partial charge on any atom is -0.351 e. The predicted octanol–water partition coefficient (Wildman–Crippen LogP) is 2.78. The van der Waals surface area contributed by atoms with Gasteiger partial charge in [-0.1, -0.05) is 0 Å². The van der Waals surface area contributed by atoms with Crippen molar-refractivity contribution in [3.8, 4) is 0 Å².